The van der Waals surface area contributed by atoms with Crippen molar-refractivity contribution < 1.29 is 9.59 Å². The van der Waals surface area contributed by atoms with Crippen LogP contribution in [0.3, 0.4) is 0 Å². The highest BCUT2D eigenvalue weighted by Crippen LogP contribution is 2.28. The van der Waals surface area contributed by atoms with E-state index in [4.69, 9.17) is 12.2 Å². The number of carbonyl (C=O) groups excluding carboxylic acids is 2. The molecule has 1 aliphatic rings. The van der Waals surface area contributed by atoms with Gasteiger partial charge in [-0.2, -0.15) is 0 Å². The number of hydrogen-bond donors (Lipinski definition) is 2. The summed E-state index contributed by atoms with van der Waals surface area (Å²) >= 11 is 8.49. The molecule has 0 aliphatic carbocycles. The number of amides is 2. The Hall–Kier alpha value is -3.10. The van der Waals surface area contributed by atoms with Gasteiger partial charge in [0.25, 0.3) is 11.8 Å². The summed E-state index contributed by atoms with van der Waals surface area (Å²) in [7, 11) is 0. The lowest BCUT2D eigenvalue weighted by Crippen LogP contribution is -2.34. The fourth-order valence-corrected chi connectivity index (χ4v) is 3.64. The average molecular weight is 467 g/mol. The number of nitrogens with zero attached hydrogens (tertiary/aromatic N) is 2. The summed E-state index contributed by atoms with van der Waals surface area (Å²) in [5, 5.41) is 5.76. The molecule has 0 spiro atoms. The lowest BCUT2D eigenvalue weighted by atomic mass is 10.1. The third-order valence-electron chi connectivity index (χ3n) is 4.45. The molecule has 6 nitrogen and oxygen atoms in total. The molecule has 0 unspecified atom stereocenters. The van der Waals surface area contributed by atoms with Gasteiger partial charge in [-0.25, -0.2) is 0 Å². The highest BCUT2D eigenvalue weighted by atomic mass is 79.9. The maximum atomic E-state index is 12.6. The molecule has 0 saturated heterocycles. The summed E-state index contributed by atoms with van der Waals surface area (Å²) in [6.45, 7) is 0.553. The number of halogens is 1. The molecule has 0 saturated carbocycles. The molecule has 8 heteroatoms. The maximum Gasteiger partial charge on any atom is 0.259 e. The van der Waals surface area contributed by atoms with E-state index in [0.29, 0.717) is 22.3 Å². The lowest BCUT2D eigenvalue weighted by molar-refractivity contribution is 0.0974. The van der Waals surface area contributed by atoms with E-state index in [1.165, 1.54) is 6.20 Å². The minimum absolute atomic E-state index is 0.00766. The molecular formula is C21H15BrN4O2S. The first-order chi connectivity index (χ1) is 14.0. The largest absolute Gasteiger partial charge is 0.332 e. The Labute approximate surface area is 181 Å². The quantitative estimate of drug-likeness (QED) is 0.567. The van der Waals surface area contributed by atoms with Crippen LogP contribution in [0.4, 0.5) is 11.4 Å². The first-order valence-corrected chi connectivity index (χ1v) is 9.94. The number of aromatic nitrogens is 1. The summed E-state index contributed by atoms with van der Waals surface area (Å²) in [5.41, 5.74) is 3.65. The molecule has 0 atom stereocenters. The SMILES string of the molecule is O=C(NC(=S)Nc1ccc(N2Cc3ccccc3C2=O)cc1)c1cncc(Br)c1. The molecule has 1 aliphatic heterocycles. The smallest absolute Gasteiger partial charge is 0.259 e. The Morgan fingerprint density at radius 1 is 1.10 bits per heavy atom. The average Bonchev–Trinajstić information content (AvgIpc) is 3.05. The summed E-state index contributed by atoms with van der Waals surface area (Å²) in [6, 6.07) is 16.6. The summed E-state index contributed by atoms with van der Waals surface area (Å²) in [5.74, 6) is -0.361. The van der Waals surface area contributed by atoms with Crippen molar-refractivity contribution in [2.45, 2.75) is 6.54 Å². The van der Waals surface area contributed by atoms with Crippen molar-refractivity contribution >= 4 is 56.4 Å². The van der Waals surface area contributed by atoms with Crippen LogP contribution >= 0.6 is 28.1 Å². The van der Waals surface area contributed by atoms with Crippen LogP contribution in [0, 0.1) is 0 Å². The Morgan fingerprint density at radius 3 is 2.59 bits per heavy atom. The Balaban J connectivity index is 1.39. The van der Waals surface area contributed by atoms with Gasteiger partial charge in [-0.15, -0.1) is 0 Å². The van der Waals surface area contributed by atoms with Gasteiger partial charge in [-0.05, 0) is 70.1 Å². The first kappa shape index (κ1) is 19.2. The molecular weight excluding hydrogens is 452 g/mol. The fraction of sp³-hybridized carbons (Fsp3) is 0.0476. The second kappa shape index (κ2) is 8.10. The molecule has 2 N–H and O–H groups in total. The number of carbonyl (C=O) groups is 2. The van der Waals surface area contributed by atoms with E-state index in [-0.39, 0.29) is 16.9 Å². The second-order valence-corrected chi connectivity index (χ2v) is 7.72. The predicted octanol–water partition coefficient (Wildman–Crippen LogP) is 4.13. The number of thiocarbonyl (C=S) groups is 1. The molecule has 4 rings (SSSR count). The maximum absolute atomic E-state index is 12.6. The Kier molecular flexibility index (Phi) is 5.37. The van der Waals surface area contributed by atoms with Crippen LogP contribution in [0.15, 0.2) is 71.5 Å². The van der Waals surface area contributed by atoms with Gasteiger partial charge < -0.3 is 10.2 Å². The molecule has 0 fully saturated rings. The van der Waals surface area contributed by atoms with Crippen molar-refractivity contribution in [3.63, 3.8) is 0 Å². The summed E-state index contributed by atoms with van der Waals surface area (Å²) in [6.07, 6.45) is 3.06. The predicted molar refractivity (Wildman–Crippen MR) is 119 cm³/mol. The zero-order valence-electron chi connectivity index (χ0n) is 15.1. The Morgan fingerprint density at radius 2 is 1.86 bits per heavy atom. The van der Waals surface area contributed by atoms with Gasteiger partial charge >= 0.3 is 0 Å². The lowest BCUT2D eigenvalue weighted by Gasteiger charge is -2.16. The van der Waals surface area contributed by atoms with E-state index < -0.39 is 0 Å². The number of anilines is 2. The summed E-state index contributed by atoms with van der Waals surface area (Å²) < 4.78 is 0.707. The standard InChI is InChI=1S/C21H15BrN4O2S/c22-15-9-14(10-23-11-15)19(27)25-21(29)24-16-5-7-17(8-6-16)26-12-13-3-1-2-4-18(13)20(26)28/h1-11H,12H2,(H2,24,25,27,29). The number of benzene rings is 2. The van der Waals surface area contributed by atoms with E-state index in [9.17, 15) is 9.59 Å². The van der Waals surface area contributed by atoms with Gasteiger partial charge in [0.1, 0.15) is 0 Å². The van der Waals surface area contributed by atoms with Gasteiger partial charge in [0, 0.05) is 33.8 Å². The zero-order valence-corrected chi connectivity index (χ0v) is 17.5. The van der Waals surface area contributed by atoms with Crippen molar-refractivity contribution in [2.75, 3.05) is 10.2 Å². The number of nitrogens with one attached hydrogen (secondary N) is 2. The highest BCUT2D eigenvalue weighted by Gasteiger charge is 2.27. The van der Waals surface area contributed by atoms with E-state index >= 15 is 0 Å². The van der Waals surface area contributed by atoms with E-state index in [1.807, 2.05) is 48.5 Å². The number of rotatable bonds is 3. The Bertz CT molecular complexity index is 1120. The molecule has 2 amide bonds. The zero-order chi connectivity index (χ0) is 20.4. The van der Waals surface area contributed by atoms with Crippen molar-refractivity contribution in [1.29, 1.82) is 0 Å². The topological polar surface area (TPSA) is 74.3 Å². The fourth-order valence-electron chi connectivity index (χ4n) is 3.06. The molecule has 0 radical (unpaired) electrons. The van der Waals surface area contributed by atoms with E-state index in [2.05, 4.69) is 31.5 Å². The van der Waals surface area contributed by atoms with Crippen LogP contribution < -0.4 is 15.5 Å². The van der Waals surface area contributed by atoms with E-state index in [0.717, 1.165) is 16.8 Å². The first-order valence-electron chi connectivity index (χ1n) is 8.74. The normalized spacial score (nSPS) is 12.4. The number of pyridine rings is 1. The molecule has 29 heavy (non-hydrogen) atoms. The minimum atomic E-state index is -0.353. The monoisotopic (exact) mass is 466 g/mol. The summed E-state index contributed by atoms with van der Waals surface area (Å²) in [4.78, 5) is 30.5. The van der Waals surface area contributed by atoms with Crippen molar-refractivity contribution in [3.8, 4) is 0 Å². The van der Waals surface area contributed by atoms with Crippen molar-refractivity contribution in [3.05, 3.63) is 88.2 Å². The third-order valence-corrected chi connectivity index (χ3v) is 5.09. The van der Waals surface area contributed by atoms with Crippen molar-refractivity contribution in [2.24, 2.45) is 0 Å². The van der Waals surface area contributed by atoms with Crippen LogP contribution in [0.5, 0.6) is 0 Å². The molecule has 0 bridgehead atoms. The molecule has 2 heterocycles. The van der Waals surface area contributed by atoms with Gasteiger partial charge in [-0.3, -0.25) is 19.9 Å². The molecule has 2 aromatic carbocycles. The van der Waals surface area contributed by atoms with Crippen LogP contribution in [-0.2, 0) is 6.54 Å². The number of fused-ring (bicyclic) bond motifs is 1. The highest BCUT2D eigenvalue weighted by molar-refractivity contribution is 9.10. The number of hydrogen-bond acceptors (Lipinski definition) is 4. The van der Waals surface area contributed by atoms with Gasteiger partial charge in [0.2, 0.25) is 0 Å². The van der Waals surface area contributed by atoms with Crippen LogP contribution in [0.25, 0.3) is 0 Å². The minimum Gasteiger partial charge on any atom is -0.332 e. The second-order valence-electron chi connectivity index (χ2n) is 6.40. The van der Waals surface area contributed by atoms with E-state index in [1.54, 1.807) is 17.2 Å². The molecule has 3 aromatic rings. The van der Waals surface area contributed by atoms with Gasteiger partial charge in [-0.1, -0.05) is 18.2 Å². The third kappa shape index (κ3) is 4.18. The van der Waals surface area contributed by atoms with Gasteiger partial charge in [0.05, 0.1) is 12.1 Å². The van der Waals surface area contributed by atoms with Crippen molar-refractivity contribution in [1.82, 2.24) is 10.3 Å². The van der Waals surface area contributed by atoms with Crippen LogP contribution in [0.1, 0.15) is 26.3 Å². The van der Waals surface area contributed by atoms with Gasteiger partial charge in [0.15, 0.2) is 5.11 Å². The molecule has 1 aromatic heterocycles. The van der Waals surface area contributed by atoms with Crippen LogP contribution in [-0.4, -0.2) is 21.9 Å². The molecule has 144 valence electrons. The van der Waals surface area contributed by atoms with Crippen LogP contribution in [0.2, 0.25) is 0 Å².